The Labute approximate surface area is 98.7 Å². The Balaban J connectivity index is 2.94. The second kappa shape index (κ2) is 5.56. The number of hydrogen-bond donors (Lipinski definition) is 1. The summed E-state index contributed by atoms with van der Waals surface area (Å²) in [7, 11) is 0. The lowest BCUT2D eigenvalue weighted by Gasteiger charge is -1.96. The minimum Gasteiger partial charge on any atom is -0.510 e. The van der Waals surface area contributed by atoms with Crippen molar-refractivity contribution in [3.8, 4) is 6.07 Å². The molecule has 0 bridgehead atoms. The molecule has 1 rings (SSSR count). The molecule has 1 N–H and O–H groups in total. The summed E-state index contributed by atoms with van der Waals surface area (Å²) in [6, 6.07) is 8.38. The van der Waals surface area contributed by atoms with Crippen LogP contribution in [0.5, 0.6) is 0 Å². The third-order valence-electron chi connectivity index (χ3n) is 1.94. The quantitative estimate of drug-likeness (QED) is 0.491. The van der Waals surface area contributed by atoms with E-state index >= 15 is 0 Å². The van der Waals surface area contributed by atoms with Gasteiger partial charge in [0.25, 0.3) is 0 Å². The molecule has 5 nitrogen and oxygen atoms in total. The van der Waals surface area contributed by atoms with Gasteiger partial charge in [-0.05, 0) is 31.2 Å². The van der Waals surface area contributed by atoms with E-state index < -0.39 is 0 Å². The van der Waals surface area contributed by atoms with Gasteiger partial charge in [0.2, 0.25) is 0 Å². The van der Waals surface area contributed by atoms with Crippen LogP contribution in [0.1, 0.15) is 19.4 Å². The molecule has 0 atom stereocenters. The molecule has 0 unspecified atom stereocenters. The summed E-state index contributed by atoms with van der Waals surface area (Å²) in [5, 5.41) is 25.3. The standard InChI is InChI=1S/C12H11N3O2/c1-8(16)12(9(2)17)15-14-11-5-3-10(7-13)4-6-11/h3-6,16H,1-2H3/b12-8-,15-14?. The maximum Gasteiger partial charge on any atom is 0.183 e. The Bertz CT molecular complexity index is 518. The number of carbonyl (C=O) groups is 1. The van der Waals surface area contributed by atoms with Crippen LogP contribution in [0.3, 0.4) is 0 Å². The van der Waals surface area contributed by atoms with Crippen molar-refractivity contribution in [3.05, 3.63) is 41.3 Å². The zero-order valence-electron chi connectivity index (χ0n) is 9.51. The highest BCUT2D eigenvalue weighted by Crippen LogP contribution is 2.15. The lowest BCUT2D eigenvalue weighted by atomic mass is 10.2. The van der Waals surface area contributed by atoms with Gasteiger partial charge in [-0.15, -0.1) is 5.11 Å². The number of benzene rings is 1. The Morgan fingerprint density at radius 1 is 1.29 bits per heavy atom. The molecular formula is C12H11N3O2. The molecule has 0 amide bonds. The Kier molecular flexibility index (Phi) is 4.12. The molecule has 86 valence electrons. The SMILES string of the molecule is CC(=O)/C(N=Nc1ccc(C#N)cc1)=C(\C)O. The van der Waals surface area contributed by atoms with E-state index in [4.69, 9.17) is 5.26 Å². The average molecular weight is 229 g/mol. The lowest BCUT2D eigenvalue weighted by Crippen LogP contribution is -1.96. The zero-order valence-corrected chi connectivity index (χ0v) is 9.51. The number of rotatable bonds is 3. The highest BCUT2D eigenvalue weighted by atomic mass is 16.3. The third-order valence-corrected chi connectivity index (χ3v) is 1.94. The Morgan fingerprint density at radius 2 is 1.88 bits per heavy atom. The number of Topliss-reactive ketones (excluding diaryl/α,β-unsaturated/α-hetero) is 1. The molecule has 0 aliphatic rings. The van der Waals surface area contributed by atoms with Gasteiger partial charge in [0, 0.05) is 6.92 Å². The third kappa shape index (κ3) is 3.54. The highest BCUT2D eigenvalue weighted by Gasteiger charge is 2.06. The van der Waals surface area contributed by atoms with Gasteiger partial charge in [0.1, 0.15) is 5.76 Å². The summed E-state index contributed by atoms with van der Waals surface area (Å²) in [5.74, 6) is -0.530. The van der Waals surface area contributed by atoms with Crippen LogP contribution in [0.4, 0.5) is 5.69 Å². The van der Waals surface area contributed by atoms with Crippen molar-refractivity contribution in [2.45, 2.75) is 13.8 Å². The van der Waals surface area contributed by atoms with Crippen molar-refractivity contribution >= 4 is 11.5 Å². The monoisotopic (exact) mass is 229 g/mol. The van der Waals surface area contributed by atoms with Crippen molar-refractivity contribution in [2.75, 3.05) is 0 Å². The van der Waals surface area contributed by atoms with E-state index in [0.29, 0.717) is 11.3 Å². The van der Waals surface area contributed by atoms with Gasteiger partial charge in [-0.1, -0.05) is 0 Å². The minimum atomic E-state index is -0.359. The summed E-state index contributed by atoms with van der Waals surface area (Å²) in [6.45, 7) is 2.67. The second-order valence-electron chi connectivity index (χ2n) is 3.35. The lowest BCUT2D eigenvalue weighted by molar-refractivity contribution is -0.113. The molecule has 1 aromatic rings. The van der Waals surface area contributed by atoms with Crippen LogP contribution in [0.2, 0.25) is 0 Å². The van der Waals surface area contributed by atoms with Crippen LogP contribution in [-0.4, -0.2) is 10.9 Å². The molecule has 0 heterocycles. The molecule has 17 heavy (non-hydrogen) atoms. The van der Waals surface area contributed by atoms with Crippen LogP contribution in [0.15, 0.2) is 46.0 Å². The van der Waals surface area contributed by atoms with E-state index in [1.165, 1.54) is 13.8 Å². The molecule has 0 spiro atoms. The minimum absolute atomic E-state index is 0.0747. The molecule has 0 aliphatic heterocycles. The molecular weight excluding hydrogens is 218 g/mol. The fraction of sp³-hybridized carbons (Fsp3) is 0.167. The molecule has 0 saturated heterocycles. The van der Waals surface area contributed by atoms with Crippen molar-refractivity contribution < 1.29 is 9.90 Å². The fourth-order valence-electron chi connectivity index (χ4n) is 1.11. The van der Waals surface area contributed by atoms with Crippen molar-refractivity contribution in [1.82, 2.24) is 0 Å². The fourth-order valence-corrected chi connectivity index (χ4v) is 1.11. The number of ketones is 1. The van der Waals surface area contributed by atoms with E-state index in [2.05, 4.69) is 10.2 Å². The summed E-state index contributed by atoms with van der Waals surface area (Å²) in [4.78, 5) is 11.1. The van der Waals surface area contributed by atoms with Crippen molar-refractivity contribution in [3.63, 3.8) is 0 Å². The van der Waals surface area contributed by atoms with Crippen molar-refractivity contribution in [2.24, 2.45) is 10.2 Å². The number of nitriles is 1. The van der Waals surface area contributed by atoms with Gasteiger partial charge in [-0.25, -0.2) is 0 Å². The molecule has 0 radical (unpaired) electrons. The summed E-state index contributed by atoms with van der Waals surface area (Å²) >= 11 is 0. The van der Waals surface area contributed by atoms with E-state index in [9.17, 15) is 9.90 Å². The first-order chi connectivity index (χ1) is 8.04. The van der Waals surface area contributed by atoms with E-state index in [0.717, 1.165) is 0 Å². The van der Waals surface area contributed by atoms with Gasteiger partial charge in [-0.2, -0.15) is 10.4 Å². The Morgan fingerprint density at radius 3 is 2.29 bits per heavy atom. The predicted molar refractivity (Wildman–Crippen MR) is 61.7 cm³/mol. The van der Waals surface area contributed by atoms with Crippen LogP contribution in [0, 0.1) is 11.3 Å². The molecule has 0 fully saturated rings. The van der Waals surface area contributed by atoms with E-state index in [1.54, 1.807) is 24.3 Å². The Hall–Kier alpha value is -2.48. The number of allylic oxidation sites excluding steroid dienone is 2. The number of azo groups is 1. The normalized spacial score (nSPS) is 12.1. The first kappa shape index (κ1) is 12.6. The number of carbonyl (C=O) groups excluding carboxylic acids is 1. The maximum atomic E-state index is 11.1. The van der Waals surface area contributed by atoms with Crippen molar-refractivity contribution in [1.29, 1.82) is 5.26 Å². The molecule has 1 aromatic carbocycles. The molecule has 5 heteroatoms. The van der Waals surface area contributed by atoms with Crippen LogP contribution >= 0.6 is 0 Å². The molecule has 0 aromatic heterocycles. The highest BCUT2D eigenvalue weighted by molar-refractivity contribution is 5.93. The van der Waals surface area contributed by atoms with Gasteiger partial charge < -0.3 is 5.11 Å². The van der Waals surface area contributed by atoms with E-state index in [-0.39, 0.29) is 17.2 Å². The molecule has 0 saturated carbocycles. The van der Waals surface area contributed by atoms with Gasteiger partial charge in [0.05, 0.1) is 17.3 Å². The number of aliphatic hydroxyl groups is 1. The first-order valence-corrected chi connectivity index (χ1v) is 4.87. The van der Waals surface area contributed by atoms with Crippen LogP contribution in [0.25, 0.3) is 0 Å². The second-order valence-corrected chi connectivity index (χ2v) is 3.35. The summed E-state index contributed by atoms with van der Waals surface area (Å²) < 4.78 is 0. The van der Waals surface area contributed by atoms with Gasteiger partial charge in [-0.3, -0.25) is 4.79 Å². The zero-order chi connectivity index (χ0) is 12.8. The smallest absolute Gasteiger partial charge is 0.183 e. The number of hydrogen-bond acceptors (Lipinski definition) is 5. The topological polar surface area (TPSA) is 85.8 Å². The largest absolute Gasteiger partial charge is 0.510 e. The van der Waals surface area contributed by atoms with E-state index in [1.807, 2.05) is 6.07 Å². The van der Waals surface area contributed by atoms with Gasteiger partial charge >= 0.3 is 0 Å². The summed E-state index contributed by atoms with van der Waals surface area (Å²) in [6.07, 6.45) is 0. The van der Waals surface area contributed by atoms with Crippen LogP contribution < -0.4 is 0 Å². The predicted octanol–water partition coefficient (Wildman–Crippen LogP) is 3.02. The van der Waals surface area contributed by atoms with Crippen LogP contribution in [-0.2, 0) is 4.79 Å². The average Bonchev–Trinajstić information content (AvgIpc) is 2.29. The number of nitrogens with zero attached hydrogens (tertiary/aromatic N) is 3. The first-order valence-electron chi connectivity index (χ1n) is 4.87. The summed E-state index contributed by atoms with van der Waals surface area (Å²) in [5.41, 5.74) is 0.947. The molecule has 0 aliphatic carbocycles. The maximum absolute atomic E-state index is 11.1. The number of aliphatic hydroxyl groups excluding tert-OH is 1. The van der Waals surface area contributed by atoms with Gasteiger partial charge in [0.15, 0.2) is 11.5 Å².